The van der Waals surface area contributed by atoms with Crippen LogP contribution in [0.2, 0.25) is 0 Å². The maximum Gasteiger partial charge on any atom is 0.290 e. The van der Waals surface area contributed by atoms with E-state index < -0.39 is 5.91 Å². The molecule has 1 aliphatic rings. The quantitative estimate of drug-likeness (QED) is 0.753. The number of hydrogen-bond donors (Lipinski definition) is 1. The molecule has 3 aromatic heterocycles. The summed E-state index contributed by atoms with van der Waals surface area (Å²) in [7, 11) is 0. The van der Waals surface area contributed by atoms with Crippen molar-refractivity contribution >= 4 is 5.91 Å². The lowest BCUT2D eigenvalue weighted by atomic mass is 10.3. The molecule has 0 saturated heterocycles. The number of nitrogens with zero attached hydrogens (tertiary/aromatic N) is 4. The lowest BCUT2D eigenvalue weighted by molar-refractivity contribution is 0.0909. The lowest BCUT2D eigenvalue weighted by Gasteiger charge is -1.96. The molecule has 0 radical (unpaired) electrons. The fourth-order valence-electron chi connectivity index (χ4n) is 1.96. The number of hydrogen-bond acceptors (Lipinski definition) is 8. The molecule has 0 aliphatic heterocycles. The van der Waals surface area contributed by atoms with Crippen molar-refractivity contribution in [2.75, 3.05) is 0 Å². The summed E-state index contributed by atoms with van der Waals surface area (Å²) in [5, 5.41) is 13.8. The van der Waals surface area contributed by atoms with Crippen LogP contribution in [0.3, 0.4) is 0 Å². The average molecular weight is 301 g/mol. The van der Waals surface area contributed by atoms with Crippen molar-refractivity contribution in [3.63, 3.8) is 0 Å². The first-order valence-corrected chi connectivity index (χ1v) is 6.78. The van der Waals surface area contributed by atoms with E-state index >= 15 is 0 Å². The highest BCUT2D eigenvalue weighted by molar-refractivity contribution is 5.91. The summed E-state index contributed by atoms with van der Waals surface area (Å²) in [6.07, 6.45) is 3.64. The molecule has 22 heavy (non-hydrogen) atoms. The summed E-state index contributed by atoms with van der Waals surface area (Å²) >= 11 is 0. The van der Waals surface area contributed by atoms with Gasteiger partial charge in [0.25, 0.3) is 5.91 Å². The molecule has 9 nitrogen and oxygen atoms in total. The van der Waals surface area contributed by atoms with E-state index in [-0.39, 0.29) is 18.2 Å². The first kappa shape index (κ1) is 12.7. The van der Waals surface area contributed by atoms with E-state index in [0.29, 0.717) is 17.4 Å². The Labute approximate surface area is 123 Å². The fraction of sp³-hybridized carbons (Fsp3) is 0.308. The van der Waals surface area contributed by atoms with Crippen molar-refractivity contribution in [2.45, 2.75) is 25.3 Å². The molecule has 1 amide bonds. The second-order valence-electron chi connectivity index (χ2n) is 4.96. The summed E-state index contributed by atoms with van der Waals surface area (Å²) in [6, 6.07) is 3.28. The fourth-order valence-corrected chi connectivity index (χ4v) is 1.96. The molecule has 1 aliphatic carbocycles. The summed E-state index contributed by atoms with van der Waals surface area (Å²) in [5.41, 5.74) is 0.526. The van der Waals surface area contributed by atoms with Gasteiger partial charge in [0, 0.05) is 18.1 Å². The maximum atomic E-state index is 11.7. The first-order valence-electron chi connectivity index (χ1n) is 6.78. The Morgan fingerprint density at radius 1 is 1.27 bits per heavy atom. The average Bonchev–Trinajstić information content (AvgIpc) is 3.02. The summed E-state index contributed by atoms with van der Waals surface area (Å²) in [4.78, 5) is 15.8. The highest BCUT2D eigenvalue weighted by Crippen LogP contribution is 2.40. The second kappa shape index (κ2) is 5.10. The third-order valence-electron chi connectivity index (χ3n) is 3.27. The minimum absolute atomic E-state index is 0.0832. The molecule has 1 fully saturated rings. The molecule has 0 spiro atoms. The van der Waals surface area contributed by atoms with Crippen LogP contribution in [-0.2, 0) is 6.54 Å². The standard InChI is InChI=1S/C13H11N5O4/c19-13(9-3-4-15-20-9)14-6-11-16-12(18-22-11)8-5-10(21-17-8)7-1-2-7/h3-5,7H,1-2,6H2,(H,14,19). The van der Waals surface area contributed by atoms with E-state index in [1.165, 1.54) is 12.3 Å². The molecule has 1 N–H and O–H groups in total. The van der Waals surface area contributed by atoms with E-state index in [1.807, 2.05) is 6.07 Å². The Hall–Kier alpha value is -2.97. The molecule has 1 saturated carbocycles. The van der Waals surface area contributed by atoms with E-state index in [2.05, 4.69) is 25.8 Å². The van der Waals surface area contributed by atoms with E-state index in [1.54, 1.807) is 0 Å². The highest BCUT2D eigenvalue weighted by atomic mass is 16.5. The molecule has 0 unspecified atom stereocenters. The summed E-state index contributed by atoms with van der Waals surface area (Å²) in [6.45, 7) is 0.0832. The van der Waals surface area contributed by atoms with Crippen molar-refractivity contribution in [1.29, 1.82) is 0 Å². The van der Waals surface area contributed by atoms with Crippen molar-refractivity contribution in [3.05, 3.63) is 35.7 Å². The zero-order valence-electron chi connectivity index (χ0n) is 11.4. The summed E-state index contributed by atoms with van der Waals surface area (Å²) in [5.74, 6) is 1.62. The summed E-state index contributed by atoms with van der Waals surface area (Å²) < 4.78 is 15.0. The largest absolute Gasteiger partial charge is 0.360 e. The van der Waals surface area contributed by atoms with Gasteiger partial charge >= 0.3 is 0 Å². The van der Waals surface area contributed by atoms with Crippen molar-refractivity contribution in [3.8, 4) is 11.5 Å². The Morgan fingerprint density at radius 3 is 2.95 bits per heavy atom. The number of rotatable bonds is 5. The van der Waals surface area contributed by atoms with Gasteiger partial charge in [-0.05, 0) is 12.8 Å². The molecular weight excluding hydrogens is 290 g/mol. The zero-order valence-corrected chi connectivity index (χ0v) is 11.4. The minimum atomic E-state index is -0.408. The van der Waals surface area contributed by atoms with Gasteiger partial charge in [0.05, 0.1) is 12.7 Å². The van der Waals surface area contributed by atoms with Crippen LogP contribution in [0, 0.1) is 0 Å². The van der Waals surface area contributed by atoms with Crippen LogP contribution in [0.1, 0.15) is 41.0 Å². The predicted octanol–water partition coefficient (Wildman–Crippen LogP) is 1.52. The maximum absolute atomic E-state index is 11.7. The zero-order chi connectivity index (χ0) is 14.9. The normalized spacial score (nSPS) is 14.2. The van der Waals surface area contributed by atoms with E-state index in [9.17, 15) is 4.79 Å². The van der Waals surface area contributed by atoms with Crippen LogP contribution in [0.5, 0.6) is 0 Å². The van der Waals surface area contributed by atoms with Gasteiger partial charge in [-0.3, -0.25) is 4.79 Å². The van der Waals surface area contributed by atoms with Crippen LogP contribution in [0.4, 0.5) is 0 Å². The van der Waals surface area contributed by atoms with Gasteiger partial charge in [0.1, 0.15) is 5.76 Å². The lowest BCUT2D eigenvalue weighted by Crippen LogP contribution is -2.22. The minimum Gasteiger partial charge on any atom is -0.360 e. The van der Waals surface area contributed by atoms with Gasteiger partial charge in [-0.25, -0.2) is 0 Å². The molecule has 3 aromatic rings. The van der Waals surface area contributed by atoms with Gasteiger partial charge in [-0.1, -0.05) is 15.5 Å². The van der Waals surface area contributed by atoms with Gasteiger partial charge in [-0.15, -0.1) is 0 Å². The van der Waals surface area contributed by atoms with E-state index in [0.717, 1.165) is 18.6 Å². The molecule has 112 valence electrons. The predicted molar refractivity (Wildman–Crippen MR) is 69.4 cm³/mol. The molecule has 4 rings (SSSR count). The third kappa shape index (κ3) is 2.48. The Balaban J connectivity index is 1.41. The van der Waals surface area contributed by atoms with Gasteiger partial charge in [-0.2, -0.15) is 4.98 Å². The molecular formula is C13H11N5O4. The number of carbonyl (C=O) groups is 1. The third-order valence-corrected chi connectivity index (χ3v) is 3.27. The number of amides is 1. The Kier molecular flexibility index (Phi) is 2.95. The van der Waals surface area contributed by atoms with Crippen LogP contribution >= 0.6 is 0 Å². The van der Waals surface area contributed by atoms with E-state index in [4.69, 9.17) is 13.6 Å². The number of aromatic nitrogens is 4. The van der Waals surface area contributed by atoms with Crippen LogP contribution in [-0.4, -0.2) is 26.4 Å². The topological polar surface area (TPSA) is 120 Å². The highest BCUT2D eigenvalue weighted by Gasteiger charge is 2.28. The monoisotopic (exact) mass is 301 g/mol. The Bertz CT molecular complexity index is 787. The van der Waals surface area contributed by atoms with Crippen LogP contribution in [0.15, 0.2) is 31.9 Å². The second-order valence-corrected chi connectivity index (χ2v) is 4.96. The SMILES string of the molecule is O=C(NCc1nc(-c2cc(C3CC3)on2)no1)c1ccno1. The smallest absolute Gasteiger partial charge is 0.290 e. The van der Waals surface area contributed by atoms with Gasteiger partial charge in [0.15, 0.2) is 5.69 Å². The molecule has 3 heterocycles. The molecule has 0 atom stereocenters. The molecule has 0 bridgehead atoms. The van der Waals surface area contributed by atoms with Crippen LogP contribution in [0.25, 0.3) is 11.5 Å². The van der Waals surface area contributed by atoms with Gasteiger partial charge in [0.2, 0.25) is 17.5 Å². The number of carbonyl (C=O) groups excluding carboxylic acids is 1. The van der Waals surface area contributed by atoms with Crippen molar-refractivity contribution in [2.24, 2.45) is 0 Å². The molecule has 9 heteroatoms. The Morgan fingerprint density at radius 2 is 2.18 bits per heavy atom. The van der Waals surface area contributed by atoms with Crippen molar-refractivity contribution in [1.82, 2.24) is 25.8 Å². The number of nitrogens with one attached hydrogen (secondary N) is 1. The van der Waals surface area contributed by atoms with Crippen LogP contribution < -0.4 is 5.32 Å². The first-order chi connectivity index (χ1) is 10.8. The molecule has 0 aromatic carbocycles. The van der Waals surface area contributed by atoms with Gasteiger partial charge < -0.3 is 18.9 Å². The van der Waals surface area contributed by atoms with Crippen molar-refractivity contribution < 1.29 is 18.4 Å².